The summed E-state index contributed by atoms with van der Waals surface area (Å²) in [6.07, 6.45) is -3.24. The van der Waals surface area contributed by atoms with Crippen molar-refractivity contribution in [2.75, 3.05) is 26.2 Å². The molecule has 0 radical (unpaired) electrons. The molecule has 0 bridgehead atoms. The largest absolute Gasteiger partial charge is 0.390 e. The van der Waals surface area contributed by atoms with Crippen molar-refractivity contribution in [1.29, 1.82) is 0 Å². The van der Waals surface area contributed by atoms with Crippen molar-refractivity contribution in [2.24, 2.45) is 0 Å². The van der Waals surface area contributed by atoms with Gasteiger partial charge in [0.1, 0.15) is 5.82 Å². The first-order valence-electron chi connectivity index (χ1n) is 10.3. The standard InChI is InChI=1S/C21H23ClF4N4O/c22-18-14(2-1-3-16(18)23)13-4-9-30(10-5-13)20(31)19-15-12-29(11-7-21(24,25)26)8-6-17(15)27-28-19/h1-3,13H,4-12H2,(H,27,28). The van der Waals surface area contributed by atoms with E-state index in [-0.39, 0.29) is 35.6 Å². The molecule has 0 aliphatic carbocycles. The number of fused-ring (bicyclic) bond motifs is 1. The third kappa shape index (κ3) is 4.87. The van der Waals surface area contributed by atoms with Crippen LogP contribution in [0.2, 0.25) is 5.02 Å². The van der Waals surface area contributed by atoms with Gasteiger partial charge >= 0.3 is 6.18 Å². The van der Waals surface area contributed by atoms with Gasteiger partial charge < -0.3 is 4.90 Å². The van der Waals surface area contributed by atoms with Gasteiger partial charge in [0.2, 0.25) is 0 Å². The molecule has 5 nitrogen and oxygen atoms in total. The number of aromatic nitrogens is 2. The van der Waals surface area contributed by atoms with Crippen molar-refractivity contribution in [3.05, 3.63) is 51.6 Å². The molecule has 1 fully saturated rings. The molecule has 0 saturated carbocycles. The molecular formula is C21H23ClF4N4O. The molecule has 0 spiro atoms. The van der Waals surface area contributed by atoms with Crippen molar-refractivity contribution < 1.29 is 22.4 Å². The molecule has 3 heterocycles. The summed E-state index contributed by atoms with van der Waals surface area (Å²) in [4.78, 5) is 16.5. The Hall–Kier alpha value is -2.13. The van der Waals surface area contributed by atoms with Gasteiger partial charge in [-0.3, -0.25) is 14.8 Å². The van der Waals surface area contributed by atoms with Gasteiger partial charge in [0, 0.05) is 50.4 Å². The lowest BCUT2D eigenvalue weighted by molar-refractivity contribution is -0.138. The Bertz CT molecular complexity index is 953. The number of carbonyl (C=O) groups excluding carboxylic acids is 1. The van der Waals surface area contributed by atoms with E-state index in [9.17, 15) is 22.4 Å². The number of likely N-dealkylation sites (tertiary alicyclic amines) is 1. The Balaban J connectivity index is 1.40. The predicted molar refractivity (Wildman–Crippen MR) is 108 cm³/mol. The van der Waals surface area contributed by atoms with E-state index < -0.39 is 18.4 Å². The first kappa shape index (κ1) is 22.1. The number of nitrogens with one attached hydrogen (secondary N) is 1. The van der Waals surface area contributed by atoms with Gasteiger partial charge in [0.25, 0.3) is 5.91 Å². The number of nitrogens with zero attached hydrogens (tertiary/aromatic N) is 3. The second kappa shape index (κ2) is 8.78. The summed E-state index contributed by atoms with van der Waals surface area (Å²) < 4.78 is 51.5. The van der Waals surface area contributed by atoms with Crippen LogP contribution in [0, 0.1) is 5.82 Å². The summed E-state index contributed by atoms with van der Waals surface area (Å²) in [7, 11) is 0. The zero-order chi connectivity index (χ0) is 22.2. The number of alkyl halides is 3. The number of rotatable bonds is 4. The molecule has 10 heteroatoms. The lowest BCUT2D eigenvalue weighted by atomic mass is 9.89. The van der Waals surface area contributed by atoms with Crippen LogP contribution in [-0.4, -0.2) is 58.3 Å². The topological polar surface area (TPSA) is 52.2 Å². The number of piperidine rings is 1. The summed E-state index contributed by atoms with van der Waals surface area (Å²) in [6, 6.07) is 4.77. The van der Waals surface area contributed by atoms with Crippen molar-refractivity contribution in [1.82, 2.24) is 20.0 Å². The van der Waals surface area contributed by atoms with Crippen LogP contribution in [0.25, 0.3) is 0 Å². The minimum atomic E-state index is -4.20. The molecule has 1 saturated heterocycles. The molecule has 2 aliphatic heterocycles. The Morgan fingerprint density at radius 1 is 1.23 bits per heavy atom. The van der Waals surface area contributed by atoms with E-state index in [1.54, 1.807) is 15.9 Å². The third-order valence-electron chi connectivity index (χ3n) is 6.13. The maximum atomic E-state index is 13.8. The van der Waals surface area contributed by atoms with Crippen LogP contribution >= 0.6 is 11.6 Å². The van der Waals surface area contributed by atoms with Crippen molar-refractivity contribution in [2.45, 2.75) is 44.3 Å². The minimum absolute atomic E-state index is 0.0678. The number of carbonyl (C=O) groups is 1. The lowest BCUT2D eigenvalue weighted by Gasteiger charge is -2.33. The molecule has 1 aromatic carbocycles. The molecule has 0 unspecified atom stereocenters. The summed E-state index contributed by atoms with van der Waals surface area (Å²) >= 11 is 6.11. The van der Waals surface area contributed by atoms with Crippen molar-refractivity contribution in [3.63, 3.8) is 0 Å². The number of hydrogen-bond donors (Lipinski definition) is 1. The number of hydrogen-bond acceptors (Lipinski definition) is 3. The first-order valence-corrected chi connectivity index (χ1v) is 10.7. The van der Waals surface area contributed by atoms with E-state index in [2.05, 4.69) is 10.2 Å². The van der Waals surface area contributed by atoms with E-state index in [0.29, 0.717) is 44.5 Å². The molecule has 168 valence electrons. The molecule has 1 amide bonds. The number of aromatic amines is 1. The predicted octanol–water partition coefficient (Wildman–Crippen LogP) is 4.53. The molecule has 4 rings (SSSR count). The van der Waals surface area contributed by atoms with E-state index >= 15 is 0 Å². The average Bonchev–Trinajstić information content (AvgIpc) is 3.16. The summed E-state index contributed by atoms with van der Waals surface area (Å²) in [5.41, 5.74) is 2.54. The summed E-state index contributed by atoms with van der Waals surface area (Å²) in [6.45, 7) is 1.64. The van der Waals surface area contributed by atoms with Crippen LogP contribution in [0.3, 0.4) is 0 Å². The zero-order valence-electron chi connectivity index (χ0n) is 16.8. The highest BCUT2D eigenvalue weighted by Crippen LogP contribution is 2.34. The smallest absolute Gasteiger partial charge is 0.337 e. The van der Waals surface area contributed by atoms with Crippen LogP contribution < -0.4 is 0 Å². The fourth-order valence-electron chi connectivity index (χ4n) is 4.38. The Labute approximate surface area is 182 Å². The van der Waals surface area contributed by atoms with Crippen LogP contribution in [-0.2, 0) is 13.0 Å². The number of amides is 1. The van der Waals surface area contributed by atoms with Crippen LogP contribution in [0.15, 0.2) is 18.2 Å². The maximum absolute atomic E-state index is 13.8. The van der Waals surface area contributed by atoms with Gasteiger partial charge in [-0.25, -0.2) is 4.39 Å². The second-order valence-corrected chi connectivity index (χ2v) is 8.51. The quantitative estimate of drug-likeness (QED) is 0.685. The molecule has 31 heavy (non-hydrogen) atoms. The normalized spacial score (nSPS) is 18.3. The molecular weight excluding hydrogens is 436 g/mol. The fraction of sp³-hybridized carbons (Fsp3) is 0.524. The van der Waals surface area contributed by atoms with Gasteiger partial charge in [-0.1, -0.05) is 23.7 Å². The van der Waals surface area contributed by atoms with Gasteiger partial charge in [0.15, 0.2) is 5.69 Å². The SMILES string of the molecule is O=C(c1n[nH]c2c1CN(CCC(F)(F)F)CC2)N1CCC(c2cccc(F)c2Cl)CC1. The summed E-state index contributed by atoms with van der Waals surface area (Å²) in [5.74, 6) is -0.604. The average molecular weight is 459 g/mol. The maximum Gasteiger partial charge on any atom is 0.390 e. The fourth-order valence-corrected chi connectivity index (χ4v) is 4.66. The first-order chi connectivity index (χ1) is 14.7. The Morgan fingerprint density at radius 2 is 1.97 bits per heavy atom. The van der Waals surface area contributed by atoms with Crippen LogP contribution in [0.4, 0.5) is 17.6 Å². The molecule has 1 N–H and O–H groups in total. The van der Waals surface area contributed by atoms with E-state index in [0.717, 1.165) is 11.3 Å². The van der Waals surface area contributed by atoms with Crippen molar-refractivity contribution in [3.8, 4) is 0 Å². The van der Waals surface area contributed by atoms with E-state index in [4.69, 9.17) is 11.6 Å². The number of halogens is 5. The van der Waals surface area contributed by atoms with Crippen LogP contribution in [0.5, 0.6) is 0 Å². The molecule has 2 aliphatic rings. The monoisotopic (exact) mass is 458 g/mol. The summed E-state index contributed by atoms with van der Waals surface area (Å²) in [5, 5.41) is 7.20. The highest BCUT2D eigenvalue weighted by molar-refractivity contribution is 6.31. The number of H-pyrrole nitrogens is 1. The highest BCUT2D eigenvalue weighted by Gasteiger charge is 2.33. The van der Waals surface area contributed by atoms with E-state index in [1.165, 1.54) is 6.07 Å². The lowest BCUT2D eigenvalue weighted by Crippen LogP contribution is -2.39. The second-order valence-electron chi connectivity index (χ2n) is 8.13. The van der Waals surface area contributed by atoms with Crippen molar-refractivity contribution >= 4 is 17.5 Å². The molecule has 0 atom stereocenters. The zero-order valence-corrected chi connectivity index (χ0v) is 17.6. The highest BCUT2D eigenvalue weighted by atomic mass is 35.5. The van der Waals surface area contributed by atoms with E-state index in [1.807, 2.05) is 6.07 Å². The molecule has 1 aromatic heterocycles. The Morgan fingerprint density at radius 3 is 2.68 bits per heavy atom. The van der Waals surface area contributed by atoms with Gasteiger partial charge in [0.05, 0.1) is 11.4 Å². The Kier molecular flexibility index (Phi) is 6.25. The molecule has 2 aromatic rings. The van der Waals surface area contributed by atoms with Gasteiger partial charge in [-0.15, -0.1) is 0 Å². The van der Waals surface area contributed by atoms with Gasteiger partial charge in [-0.05, 0) is 30.4 Å². The van der Waals surface area contributed by atoms with Crippen LogP contribution in [0.1, 0.15) is 52.5 Å². The minimum Gasteiger partial charge on any atom is -0.337 e. The third-order valence-corrected chi connectivity index (χ3v) is 6.53. The number of benzene rings is 1. The van der Waals surface area contributed by atoms with Gasteiger partial charge in [-0.2, -0.15) is 18.3 Å².